The quantitative estimate of drug-likeness (QED) is 0.490. The fraction of sp³-hybridized carbons (Fsp3) is 0.385. The standard InChI is InChI=1S/C26H33N5O3S/c1-21(29(2)18-23-17-27-30(20-23)19-22-9-5-3-6-10-22)26(32)28-24-11-13-25(14-12-24)35(33,34)31-15-7-4-8-16-31/h3,5-6,9-14,17,20-21H,4,7-8,15-16,18-19H2,1-2H3,(H,28,32)/t21-/m1/s1. The fourth-order valence-corrected chi connectivity index (χ4v) is 5.70. The summed E-state index contributed by atoms with van der Waals surface area (Å²) in [7, 11) is -1.59. The number of anilines is 1. The molecule has 1 atom stereocenters. The number of carbonyl (C=O) groups is 1. The summed E-state index contributed by atoms with van der Waals surface area (Å²) in [4.78, 5) is 15.0. The van der Waals surface area contributed by atoms with Gasteiger partial charge < -0.3 is 5.32 Å². The maximum absolute atomic E-state index is 12.8. The van der Waals surface area contributed by atoms with E-state index in [0.717, 1.165) is 24.8 Å². The summed E-state index contributed by atoms with van der Waals surface area (Å²) in [5.41, 5.74) is 2.77. The molecule has 0 aliphatic carbocycles. The number of amides is 1. The van der Waals surface area contributed by atoms with Crippen molar-refractivity contribution in [1.29, 1.82) is 0 Å². The minimum Gasteiger partial charge on any atom is -0.325 e. The molecule has 4 rings (SSSR count). The summed E-state index contributed by atoms with van der Waals surface area (Å²) in [6.07, 6.45) is 6.68. The van der Waals surface area contributed by atoms with Crippen molar-refractivity contribution in [1.82, 2.24) is 19.0 Å². The summed E-state index contributed by atoms with van der Waals surface area (Å²) in [6, 6.07) is 16.2. The first-order valence-corrected chi connectivity index (χ1v) is 13.4. The number of sulfonamides is 1. The fourth-order valence-electron chi connectivity index (χ4n) is 4.18. The van der Waals surface area contributed by atoms with Gasteiger partial charge in [-0.2, -0.15) is 9.40 Å². The van der Waals surface area contributed by atoms with E-state index in [1.165, 1.54) is 5.56 Å². The summed E-state index contributed by atoms with van der Waals surface area (Å²) < 4.78 is 29.1. The maximum Gasteiger partial charge on any atom is 0.243 e. The van der Waals surface area contributed by atoms with Crippen LogP contribution in [0, 0.1) is 0 Å². The van der Waals surface area contributed by atoms with Crippen molar-refractivity contribution in [3.8, 4) is 0 Å². The molecule has 2 heterocycles. The van der Waals surface area contributed by atoms with Crippen molar-refractivity contribution < 1.29 is 13.2 Å². The maximum atomic E-state index is 12.8. The molecule has 1 saturated heterocycles. The molecule has 1 aromatic heterocycles. The van der Waals surface area contributed by atoms with Gasteiger partial charge in [0.2, 0.25) is 15.9 Å². The normalized spacial score (nSPS) is 15.7. The molecule has 0 bridgehead atoms. The van der Waals surface area contributed by atoms with Crippen molar-refractivity contribution in [3.05, 3.63) is 78.1 Å². The van der Waals surface area contributed by atoms with Gasteiger partial charge in [-0.3, -0.25) is 14.4 Å². The van der Waals surface area contributed by atoms with E-state index in [1.807, 2.05) is 54.1 Å². The summed E-state index contributed by atoms with van der Waals surface area (Å²) in [6.45, 7) is 4.25. The highest BCUT2D eigenvalue weighted by atomic mass is 32.2. The molecule has 3 aromatic rings. The zero-order chi connectivity index (χ0) is 24.8. The van der Waals surface area contributed by atoms with Crippen LogP contribution in [-0.4, -0.2) is 59.5 Å². The van der Waals surface area contributed by atoms with Crippen LogP contribution in [0.25, 0.3) is 0 Å². The van der Waals surface area contributed by atoms with Gasteiger partial charge in [0.1, 0.15) is 0 Å². The second-order valence-corrected chi connectivity index (χ2v) is 11.0. The molecule has 1 aliphatic heterocycles. The molecule has 1 aliphatic rings. The number of rotatable bonds is 9. The zero-order valence-electron chi connectivity index (χ0n) is 20.3. The van der Waals surface area contributed by atoms with Gasteiger partial charge in [-0.25, -0.2) is 8.42 Å². The molecule has 1 fully saturated rings. The number of nitrogens with zero attached hydrogens (tertiary/aromatic N) is 4. The predicted molar refractivity (Wildman–Crippen MR) is 136 cm³/mol. The third kappa shape index (κ3) is 6.36. The van der Waals surface area contributed by atoms with Gasteiger partial charge in [-0.05, 0) is 56.6 Å². The first-order valence-electron chi connectivity index (χ1n) is 12.0. The van der Waals surface area contributed by atoms with E-state index in [9.17, 15) is 13.2 Å². The molecule has 9 heteroatoms. The molecule has 35 heavy (non-hydrogen) atoms. The van der Waals surface area contributed by atoms with E-state index < -0.39 is 10.0 Å². The van der Waals surface area contributed by atoms with Crippen molar-refractivity contribution >= 4 is 21.6 Å². The molecule has 1 amide bonds. The highest BCUT2D eigenvalue weighted by Crippen LogP contribution is 2.22. The SMILES string of the molecule is C[C@H](C(=O)Nc1ccc(S(=O)(=O)N2CCCCC2)cc1)N(C)Cc1cnn(Cc2ccccc2)c1. The minimum atomic E-state index is -3.49. The van der Waals surface area contributed by atoms with Gasteiger partial charge >= 0.3 is 0 Å². The summed E-state index contributed by atoms with van der Waals surface area (Å²) in [5.74, 6) is -0.157. The second kappa shape index (κ2) is 11.2. The van der Waals surface area contributed by atoms with Crippen LogP contribution in [-0.2, 0) is 27.9 Å². The molecule has 8 nitrogen and oxygen atoms in total. The Morgan fingerprint density at radius 2 is 1.71 bits per heavy atom. The number of nitrogens with one attached hydrogen (secondary N) is 1. The van der Waals surface area contributed by atoms with Gasteiger partial charge in [-0.1, -0.05) is 36.8 Å². The third-order valence-electron chi connectivity index (χ3n) is 6.42. The topological polar surface area (TPSA) is 87.5 Å². The molecule has 0 spiro atoms. The van der Waals surface area contributed by atoms with Crippen LogP contribution in [0.15, 0.2) is 71.9 Å². The van der Waals surface area contributed by atoms with Gasteiger partial charge in [-0.15, -0.1) is 0 Å². The predicted octanol–water partition coefficient (Wildman–Crippen LogP) is 3.57. The number of likely N-dealkylation sites (N-methyl/N-ethyl adjacent to an activating group) is 1. The Labute approximate surface area is 207 Å². The Kier molecular flexibility index (Phi) is 8.00. The van der Waals surface area contributed by atoms with Crippen LogP contribution in [0.5, 0.6) is 0 Å². The van der Waals surface area contributed by atoms with Crippen LogP contribution in [0.2, 0.25) is 0 Å². The molecule has 1 N–H and O–H groups in total. The number of carbonyl (C=O) groups excluding carboxylic acids is 1. The molecule has 0 radical (unpaired) electrons. The molecule has 2 aromatic carbocycles. The zero-order valence-corrected chi connectivity index (χ0v) is 21.1. The molecular formula is C26H33N5O3S. The first kappa shape index (κ1) is 25.1. The lowest BCUT2D eigenvalue weighted by Gasteiger charge is -2.26. The molecule has 186 valence electrons. The van der Waals surface area contributed by atoms with E-state index in [-0.39, 0.29) is 16.8 Å². The number of hydrogen-bond donors (Lipinski definition) is 1. The van der Waals surface area contributed by atoms with E-state index in [2.05, 4.69) is 22.5 Å². The molecule has 0 unspecified atom stereocenters. The monoisotopic (exact) mass is 495 g/mol. The van der Waals surface area contributed by atoms with Crippen molar-refractivity contribution in [2.45, 2.75) is 50.2 Å². The van der Waals surface area contributed by atoms with Crippen LogP contribution < -0.4 is 5.32 Å². The number of aromatic nitrogens is 2. The lowest BCUT2D eigenvalue weighted by Crippen LogP contribution is -2.39. The van der Waals surface area contributed by atoms with Gasteiger partial charge in [0, 0.05) is 37.1 Å². The highest BCUT2D eigenvalue weighted by molar-refractivity contribution is 7.89. The Morgan fingerprint density at radius 1 is 1.03 bits per heavy atom. The van der Waals surface area contributed by atoms with Crippen molar-refractivity contribution in [2.75, 3.05) is 25.5 Å². The largest absolute Gasteiger partial charge is 0.325 e. The van der Waals surface area contributed by atoms with E-state index in [4.69, 9.17) is 0 Å². The summed E-state index contributed by atoms with van der Waals surface area (Å²) >= 11 is 0. The van der Waals surface area contributed by atoms with Crippen molar-refractivity contribution in [3.63, 3.8) is 0 Å². The smallest absolute Gasteiger partial charge is 0.243 e. The van der Waals surface area contributed by atoms with Gasteiger partial charge in [0.15, 0.2) is 0 Å². The minimum absolute atomic E-state index is 0.157. The Morgan fingerprint density at radius 3 is 2.40 bits per heavy atom. The Bertz CT molecular complexity index is 1220. The van der Waals surface area contributed by atoms with Gasteiger partial charge in [0.05, 0.1) is 23.7 Å². The van der Waals surface area contributed by atoms with E-state index >= 15 is 0 Å². The highest BCUT2D eigenvalue weighted by Gasteiger charge is 2.26. The van der Waals surface area contributed by atoms with Gasteiger partial charge in [0.25, 0.3) is 0 Å². The third-order valence-corrected chi connectivity index (χ3v) is 8.33. The van der Waals surface area contributed by atoms with Crippen LogP contribution in [0.3, 0.4) is 0 Å². The number of piperidine rings is 1. The lowest BCUT2D eigenvalue weighted by molar-refractivity contribution is -0.120. The second-order valence-electron chi connectivity index (χ2n) is 9.10. The van der Waals surface area contributed by atoms with E-state index in [1.54, 1.807) is 28.6 Å². The van der Waals surface area contributed by atoms with Crippen molar-refractivity contribution in [2.24, 2.45) is 0 Å². The number of benzene rings is 2. The van der Waals surface area contributed by atoms with Crippen LogP contribution in [0.4, 0.5) is 5.69 Å². The summed E-state index contributed by atoms with van der Waals surface area (Å²) in [5, 5.41) is 7.33. The van der Waals surface area contributed by atoms with E-state index in [0.29, 0.717) is 31.9 Å². The molecular weight excluding hydrogens is 462 g/mol. The number of hydrogen-bond acceptors (Lipinski definition) is 5. The Balaban J connectivity index is 1.31. The Hall–Kier alpha value is -3.01. The van der Waals surface area contributed by atoms with Crippen LogP contribution in [0.1, 0.15) is 37.3 Å². The van der Waals surface area contributed by atoms with Crippen LogP contribution >= 0.6 is 0 Å². The average Bonchev–Trinajstić information content (AvgIpc) is 3.31. The lowest BCUT2D eigenvalue weighted by atomic mass is 10.2. The average molecular weight is 496 g/mol. The molecule has 0 saturated carbocycles. The first-order chi connectivity index (χ1) is 16.8.